The molecule has 1 aromatic carbocycles. The summed E-state index contributed by atoms with van der Waals surface area (Å²) in [7, 11) is 0. The summed E-state index contributed by atoms with van der Waals surface area (Å²) in [5.41, 5.74) is 3.67. The molecule has 2 rings (SSSR count). The lowest BCUT2D eigenvalue weighted by molar-refractivity contribution is -0.142. The standard InChI is InChI=1S/C13H14O2.C2H6/c1-10(14)15-9-12-7-4-6-11-5-2-3-8-13(11)12;1-2/h3-4,6-8H,2,5,9H2,1H3;1-2H3. The molecule has 0 saturated heterocycles. The molecule has 0 heterocycles. The van der Waals surface area contributed by atoms with Crippen molar-refractivity contribution >= 4 is 12.0 Å². The Morgan fingerprint density at radius 1 is 1.35 bits per heavy atom. The van der Waals surface area contributed by atoms with Gasteiger partial charge in [-0.2, -0.15) is 0 Å². The molecule has 0 fully saturated rings. The van der Waals surface area contributed by atoms with Crippen molar-refractivity contribution in [1.82, 2.24) is 0 Å². The number of aryl methyl sites for hydroxylation is 1. The van der Waals surface area contributed by atoms with Gasteiger partial charge in [0.1, 0.15) is 6.61 Å². The molecule has 92 valence electrons. The number of esters is 1. The number of hydrogen-bond donors (Lipinski definition) is 0. The molecule has 0 aliphatic heterocycles. The fourth-order valence-electron chi connectivity index (χ4n) is 1.84. The number of hydrogen-bond acceptors (Lipinski definition) is 2. The van der Waals surface area contributed by atoms with Gasteiger partial charge in [-0.05, 0) is 29.5 Å². The van der Waals surface area contributed by atoms with Gasteiger partial charge >= 0.3 is 5.97 Å². The first kappa shape index (κ1) is 13.5. The van der Waals surface area contributed by atoms with Crippen molar-refractivity contribution in [3.8, 4) is 0 Å². The van der Waals surface area contributed by atoms with Crippen LogP contribution in [0.3, 0.4) is 0 Å². The second kappa shape index (κ2) is 6.89. The van der Waals surface area contributed by atoms with Gasteiger partial charge in [0, 0.05) is 6.92 Å². The second-order valence-electron chi connectivity index (χ2n) is 3.71. The van der Waals surface area contributed by atoms with Crippen LogP contribution in [0.2, 0.25) is 0 Å². The molecule has 0 atom stereocenters. The van der Waals surface area contributed by atoms with Crippen LogP contribution in [0.15, 0.2) is 24.3 Å². The Bertz CT molecular complexity index is 405. The maximum atomic E-state index is 10.7. The molecule has 0 radical (unpaired) electrons. The van der Waals surface area contributed by atoms with Crippen LogP contribution in [0.5, 0.6) is 0 Å². The number of carbonyl (C=O) groups excluding carboxylic acids is 1. The van der Waals surface area contributed by atoms with Gasteiger partial charge in [-0.3, -0.25) is 4.79 Å². The van der Waals surface area contributed by atoms with Crippen molar-refractivity contribution in [2.45, 2.75) is 40.2 Å². The van der Waals surface area contributed by atoms with Gasteiger partial charge in [0.05, 0.1) is 0 Å². The Labute approximate surface area is 103 Å². The third-order valence-corrected chi connectivity index (χ3v) is 2.58. The van der Waals surface area contributed by atoms with Gasteiger partial charge < -0.3 is 4.74 Å². The van der Waals surface area contributed by atoms with Crippen LogP contribution in [0.1, 0.15) is 43.9 Å². The van der Waals surface area contributed by atoms with Gasteiger partial charge in [0.25, 0.3) is 0 Å². The van der Waals surface area contributed by atoms with Crippen molar-refractivity contribution in [1.29, 1.82) is 0 Å². The highest BCUT2D eigenvalue weighted by atomic mass is 16.5. The van der Waals surface area contributed by atoms with E-state index < -0.39 is 0 Å². The van der Waals surface area contributed by atoms with Crippen molar-refractivity contribution in [3.05, 3.63) is 41.0 Å². The molecule has 1 aliphatic carbocycles. The van der Waals surface area contributed by atoms with Crippen LogP contribution in [0, 0.1) is 0 Å². The van der Waals surface area contributed by atoms with E-state index >= 15 is 0 Å². The summed E-state index contributed by atoms with van der Waals surface area (Å²) < 4.78 is 5.02. The Kier molecular flexibility index (Phi) is 5.47. The zero-order valence-corrected chi connectivity index (χ0v) is 10.8. The van der Waals surface area contributed by atoms with Gasteiger partial charge in [-0.1, -0.05) is 44.2 Å². The first-order valence-electron chi connectivity index (χ1n) is 6.18. The van der Waals surface area contributed by atoms with E-state index in [0.29, 0.717) is 6.61 Å². The topological polar surface area (TPSA) is 26.3 Å². The SMILES string of the molecule is CC.CC(=O)OCc1cccc2c1C=CCC2. The van der Waals surface area contributed by atoms with Crippen molar-refractivity contribution in [2.75, 3.05) is 0 Å². The van der Waals surface area contributed by atoms with E-state index in [1.807, 2.05) is 26.0 Å². The van der Waals surface area contributed by atoms with E-state index in [4.69, 9.17) is 4.74 Å². The normalized spacial score (nSPS) is 12.2. The summed E-state index contributed by atoms with van der Waals surface area (Å²) in [5, 5.41) is 0. The van der Waals surface area contributed by atoms with E-state index in [1.165, 1.54) is 18.1 Å². The number of allylic oxidation sites excluding steroid dienone is 1. The predicted octanol–water partition coefficient (Wildman–Crippen LogP) is 3.74. The third kappa shape index (κ3) is 3.74. The maximum Gasteiger partial charge on any atom is 0.302 e. The molecule has 0 N–H and O–H groups in total. The molecular formula is C15H20O2. The molecule has 0 spiro atoms. The lowest BCUT2D eigenvalue weighted by Crippen LogP contribution is -2.03. The molecule has 2 heteroatoms. The minimum Gasteiger partial charge on any atom is -0.461 e. The first-order chi connectivity index (χ1) is 8.27. The number of rotatable bonds is 2. The van der Waals surface area contributed by atoms with E-state index in [-0.39, 0.29) is 5.97 Å². The monoisotopic (exact) mass is 232 g/mol. The highest BCUT2D eigenvalue weighted by Crippen LogP contribution is 2.23. The molecule has 0 unspecified atom stereocenters. The molecule has 1 aromatic rings. The Morgan fingerprint density at radius 2 is 2.12 bits per heavy atom. The summed E-state index contributed by atoms with van der Waals surface area (Å²) in [6, 6.07) is 6.17. The van der Waals surface area contributed by atoms with E-state index in [9.17, 15) is 4.79 Å². The smallest absolute Gasteiger partial charge is 0.302 e. The fourth-order valence-corrected chi connectivity index (χ4v) is 1.84. The largest absolute Gasteiger partial charge is 0.461 e. The van der Waals surface area contributed by atoms with E-state index in [2.05, 4.69) is 18.2 Å². The molecule has 0 aromatic heterocycles. The minimum absolute atomic E-state index is 0.229. The number of ether oxygens (including phenoxy) is 1. The quantitative estimate of drug-likeness (QED) is 0.726. The van der Waals surface area contributed by atoms with Crippen LogP contribution in [0.4, 0.5) is 0 Å². The zero-order chi connectivity index (χ0) is 12.7. The average molecular weight is 232 g/mol. The van der Waals surface area contributed by atoms with Crippen LogP contribution < -0.4 is 0 Å². The molecular weight excluding hydrogens is 212 g/mol. The molecule has 2 nitrogen and oxygen atoms in total. The van der Waals surface area contributed by atoms with Gasteiger partial charge in [0.15, 0.2) is 0 Å². The molecule has 0 bridgehead atoms. The highest BCUT2D eigenvalue weighted by molar-refractivity contribution is 5.66. The Hall–Kier alpha value is -1.57. The summed E-state index contributed by atoms with van der Waals surface area (Å²) >= 11 is 0. The average Bonchev–Trinajstić information content (AvgIpc) is 2.38. The predicted molar refractivity (Wildman–Crippen MR) is 70.6 cm³/mol. The lowest BCUT2D eigenvalue weighted by atomic mass is 9.93. The van der Waals surface area contributed by atoms with Crippen molar-refractivity contribution in [2.24, 2.45) is 0 Å². The summed E-state index contributed by atoms with van der Waals surface area (Å²) in [6.07, 6.45) is 6.47. The Balaban J connectivity index is 0.000000686. The highest BCUT2D eigenvalue weighted by Gasteiger charge is 2.09. The molecule has 0 saturated carbocycles. The zero-order valence-electron chi connectivity index (χ0n) is 10.8. The molecule has 1 aliphatic rings. The summed E-state index contributed by atoms with van der Waals surface area (Å²) in [6.45, 7) is 5.81. The second-order valence-corrected chi connectivity index (χ2v) is 3.71. The Morgan fingerprint density at radius 3 is 2.82 bits per heavy atom. The van der Waals surface area contributed by atoms with E-state index in [0.717, 1.165) is 18.4 Å². The lowest BCUT2D eigenvalue weighted by Gasteiger charge is -2.14. The van der Waals surface area contributed by atoms with Crippen molar-refractivity contribution in [3.63, 3.8) is 0 Å². The van der Waals surface area contributed by atoms with Crippen LogP contribution >= 0.6 is 0 Å². The molecule has 0 amide bonds. The van der Waals surface area contributed by atoms with Gasteiger partial charge in [0.2, 0.25) is 0 Å². The van der Waals surface area contributed by atoms with Gasteiger partial charge in [-0.15, -0.1) is 0 Å². The van der Waals surface area contributed by atoms with E-state index in [1.54, 1.807) is 0 Å². The number of fused-ring (bicyclic) bond motifs is 1. The van der Waals surface area contributed by atoms with Crippen LogP contribution in [-0.2, 0) is 22.6 Å². The maximum absolute atomic E-state index is 10.7. The van der Waals surface area contributed by atoms with Crippen LogP contribution in [-0.4, -0.2) is 5.97 Å². The summed E-state index contributed by atoms with van der Waals surface area (Å²) in [5.74, 6) is -0.229. The van der Waals surface area contributed by atoms with Crippen molar-refractivity contribution < 1.29 is 9.53 Å². The van der Waals surface area contributed by atoms with Crippen LogP contribution in [0.25, 0.3) is 6.08 Å². The fraction of sp³-hybridized carbons (Fsp3) is 0.400. The first-order valence-corrected chi connectivity index (χ1v) is 6.18. The van der Waals surface area contributed by atoms with Gasteiger partial charge in [-0.25, -0.2) is 0 Å². The minimum atomic E-state index is -0.229. The number of carbonyl (C=O) groups is 1. The summed E-state index contributed by atoms with van der Waals surface area (Å²) in [4.78, 5) is 10.7. The third-order valence-electron chi connectivity index (χ3n) is 2.58. The molecule has 17 heavy (non-hydrogen) atoms. The number of benzene rings is 1.